The molecule has 0 saturated carbocycles. The van der Waals surface area contributed by atoms with Gasteiger partial charge in [-0.05, 0) is 69.1 Å². The zero-order valence-electron chi connectivity index (χ0n) is 9.39. The predicted octanol–water partition coefficient (Wildman–Crippen LogP) is 3.83. The van der Waals surface area contributed by atoms with E-state index in [1.54, 1.807) is 0 Å². The van der Waals surface area contributed by atoms with Gasteiger partial charge in [-0.2, -0.15) is 0 Å². The van der Waals surface area contributed by atoms with Gasteiger partial charge in [0.15, 0.2) is 0 Å². The Morgan fingerprint density at radius 1 is 1.50 bits per heavy atom. The maximum absolute atomic E-state index is 11.9. The molecule has 0 fully saturated rings. The Kier molecular flexibility index (Phi) is 5.75. The Labute approximate surface area is 118 Å². The number of benzene rings is 1. The second-order valence-corrected chi connectivity index (χ2v) is 6.16. The lowest BCUT2D eigenvalue weighted by Gasteiger charge is -2.08. The summed E-state index contributed by atoms with van der Waals surface area (Å²) in [6.45, 7) is 5.02. The Hall–Kier alpha value is -0.100. The molecule has 0 heterocycles. The van der Waals surface area contributed by atoms with E-state index in [-0.39, 0.29) is 5.91 Å². The van der Waals surface area contributed by atoms with Crippen LogP contribution in [0.4, 0.5) is 0 Å². The van der Waals surface area contributed by atoms with Crippen molar-refractivity contribution in [3.05, 3.63) is 31.8 Å². The lowest BCUT2D eigenvalue weighted by atomic mass is 10.1. The van der Waals surface area contributed by atoms with Crippen molar-refractivity contribution in [2.45, 2.75) is 20.3 Å². The van der Waals surface area contributed by atoms with Gasteiger partial charge < -0.3 is 5.32 Å². The molecule has 2 nitrogen and oxygen atoms in total. The first-order valence-corrected chi connectivity index (χ1v) is 7.11. The number of carbonyl (C=O) groups is 1. The number of hydrogen-bond acceptors (Lipinski definition) is 1. The molecule has 1 aromatic carbocycles. The summed E-state index contributed by atoms with van der Waals surface area (Å²) in [5, 5.41) is 2.93. The van der Waals surface area contributed by atoms with Gasteiger partial charge in [-0.1, -0.05) is 13.8 Å². The molecule has 88 valence electrons. The first kappa shape index (κ1) is 14.0. The molecule has 1 aromatic rings. The van der Waals surface area contributed by atoms with E-state index in [1.165, 1.54) is 0 Å². The molecule has 16 heavy (non-hydrogen) atoms. The number of halogens is 2. The van der Waals surface area contributed by atoms with Crippen LogP contribution in [0.5, 0.6) is 0 Å². The highest BCUT2D eigenvalue weighted by molar-refractivity contribution is 14.1. The van der Waals surface area contributed by atoms with Crippen LogP contribution in [0.3, 0.4) is 0 Å². The largest absolute Gasteiger partial charge is 0.352 e. The molecule has 0 saturated heterocycles. The van der Waals surface area contributed by atoms with Crippen molar-refractivity contribution in [1.82, 2.24) is 5.32 Å². The van der Waals surface area contributed by atoms with Gasteiger partial charge in [0.1, 0.15) is 0 Å². The number of hydrogen-bond donors (Lipinski definition) is 1. The number of nitrogens with one attached hydrogen (secondary N) is 1. The number of rotatable bonds is 4. The summed E-state index contributed by atoms with van der Waals surface area (Å²) in [6.07, 6.45) is 1.01. The molecule has 0 aliphatic heterocycles. The Balaban J connectivity index is 2.62. The van der Waals surface area contributed by atoms with Crippen molar-refractivity contribution in [2.75, 3.05) is 6.54 Å². The van der Waals surface area contributed by atoms with E-state index in [1.807, 2.05) is 18.2 Å². The maximum Gasteiger partial charge on any atom is 0.252 e. The summed E-state index contributed by atoms with van der Waals surface area (Å²) in [7, 11) is 0. The third-order valence-corrected chi connectivity index (χ3v) is 3.54. The van der Waals surface area contributed by atoms with Crippen LogP contribution < -0.4 is 5.32 Å². The summed E-state index contributed by atoms with van der Waals surface area (Å²) < 4.78 is 1.91. The number of amides is 1. The highest BCUT2D eigenvalue weighted by Gasteiger charge is 2.09. The molecule has 4 heteroatoms. The lowest BCUT2D eigenvalue weighted by molar-refractivity contribution is 0.0951. The van der Waals surface area contributed by atoms with Crippen LogP contribution in [0.1, 0.15) is 30.6 Å². The van der Waals surface area contributed by atoms with E-state index in [4.69, 9.17) is 0 Å². The molecule has 0 radical (unpaired) electrons. The Morgan fingerprint density at radius 2 is 2.19 bits per heavy atom. The topological polar surface area (TPSA) is 29.1 Å². The van der Waals surface area contributed by atoms with E-state index in [0.29, 0.717) is 11.5 Å². The maximum atomic E-state index is 11.9. The van der Waals surface area contributed by atoms with Crippen molar-refractivity contribution < 1.29 is 4.79 Å². The van der Waals surface area contributed by atoms with E-state index >= 15 is 0 Å². The molecule has 0 atom stereocenters. The lowest BCUT2D eigenvalue weighted by Crippen LogP contribution is -2.25. The SMILES string of the molecule is CC(C)CCNC(=O)c1cc(I)ccc1Br. The fourth-order valence-corrected chi connectivity index (χ4v) is 2.16. The van der Waals surface area contributed by atoms with Gasteiger partial charge in [0.2, 0.25) is 0 Å². The van der Waals surface area contributed by atoms with E-state index in [9.17, 15) is 4.79 Å². The minimum absolute atomic E-state index is 0.00830. The van der Waals surface area contributed by atoms with Crippen molar-refractivity contribution in [3.63, 3.8) is 0 Å². The van der Waals surface area contributed by atoms with Gasteiger partial charge in [-0.3, -0.25) is 4.79 Å². The standard InChI is InChI=1S/C12H15BrINO/c1-8(2)5-6-15-12(16)10-7-9(14)3-4-11(10)13/h3-4,7-8H,5-6H2,1-2H3,(H,15,16). The van der Waals surface area contributed by atoms with Gasteiger partial charge in [0.05, 0.1) is 5.56 Å². The van der Waals surface area contributed by atoms with Crippen LogP contribution in [0.15, 0.2) is 22.7 Å². The van der Waals surface area contributed by atoms with Crippen LogP contribution in [-0.4, -0.2) is 12.5 Å². The van der Waals surface area contributed by atoms with Crippen molar-refractivity contribution in [1.29, 1.82) is 0 Å². The smallest absolute Gasteiger partial charge is 0.252 e. The highest BCUT2D eigenvalue weighted by Crippen LogP contribution is 2.19. The van der Waals surface area contributed by atoms with Crippen LogP contribution in [0.2, 0.25) is 0 Å². The zero-order chi connectivity index (χ0) is 12.1. The molecule has 1 N–H and O–H groups in total. The third kappa shape index (κ3) is 4.41. The average Bonchev–Trinajstić information content (AvgIpc) is 2.21. The second-order valence-electron chi connectivity index (χ2n) is 4.06. The molecule has 0 spiro atoms. The normalized spacial score (nSPS) is 10.6. The first-order valence-electron chi connectivity index (χ1n) is 5.24. The van der Waals surface area contributed by atoms with Crippen molar-refractivity contribution >= 4 is 44.4 Å². The van der Waals surface area contributed by atoms with E-state index in [0.717, 1.165) is 21.0 Å². The van der Waals surface area contributed by atoms with E-state index < -0.39 is 0 Å². The Bertz CT molecular complexity index is 379. The monoisotopic (exact) mass is 395 g/mol. The zero-order valence-corrected chi connectivity index (χ0v) is 13.1. The molecular formula is C12H15BrINO. The molecule has 1 rings (SSSR count). The van der Waals surface area contributed by atoms with Gasteiger partial charge in [-0.15, -0.1) is 0 Å². The van der Waals surface area contributed by atoms with Crippen molar-refractivity contribution in [2.24, 2.45) is 5.92 Å². The highest BCUT2D eigenvalue weighted by atomic mass is 127. The average molecular weight is 396 g/mol. The molecule has 1 amide bonds. The molecule has 0 aliphatic rings. The summed E-state index contributed by atoms with van der Waals surface area (Å²) >= 11 is 5.59. The van der Waals surface area contributed by atoms with Crippen molar-refractivity contribution in [3.8, 4) is 0 Å². The molecule has 0 aliphatic carbocycles. The third-order valence-electron chi connectivity index (χ3n) is 2.18. The van der Waals surface area contributed by atoms with Gasteiger partial charge in [0.25, 0.3) is 5.91 Å². The first-order chi connectivity index (χ1) is 7.50. The summed E-state index contributed by atoms with van der Waals surface area (Å²) in [6, 6.07) is 5.75. The molecule has 0 bridgehead atoms. The molecule has 0 unspecified atom stereocenters. The van der Waals surface area contributed by atoms with Crippen LogP contribution >= 0.6 is 38.5 Å². The second kappa shape index (κ2) is 6.59. The quantitative estimate of drug-likeness (QED) is 0.771. The molecular weight excluding hydrogens is 381 g/mol. The summed E-state index contributed by atoms with van der Waals surface area (Å²) in [5.41, 5.74) is 0.704. The van der Waals surface area contributed by atoms with Crippen LogP contribution in [-0.2, 0) is 0 Å². The fourth-order valence-electron chi connectivity index (χ4n) is 1.24. The summed E-state index contributed by atoms with van der Waals surface area (Å²) in [5.74, 6) is 0.602. The minimum Gasteiger partial charge on any atom is -0.352 e. The van der Waals surface area contributed by atoms with Gasteiger partial charge in [0, 0.05) is 14.6 Å². The number of carbonyl (C=O) groups excluding carboxylic acids is 1. The van der Waals surface area contributed by atoms with Crippen LogP contribution in [0.25, 0.3) is 0 Å². The van der Waals surface area contributed by atoms with E-state index in [2.05, 4.69) is 57.7 Å². The predicted molar refractivity (Wildman–Crippen MR) is 78.6 cm³/mol. The fraction of sp³-hybridized carbons (Fsp3) is 0.417. The summed E-state index contributed by atoms with van der Waals surface area (Å²) in [4.78, 5) is 11.9. The molecule has 0 aromatic heterocycles. The van der Waals surface area contributed by atoms with Gasteiger partial charge >= 0.3 is 0 Å². The van der Waals surface area contributed by atoms with Crippen LogP contribution in [0, 0.1) is 9.49 Å². The Morgan fingerprint density at radius 3 is 2.81 bits per heavy atom. The van der Waals surface area contributed by atoms with Gasteiger partial charge in [-0.25, -0.2) is 0 Å². The minimum atomic E-state index is -0.00830.